The zero-order valence-corrected chi connectivity index (χ0v) is 43.4. The zero-order chi connectivity index (χ0) is 49.2. The Labute approximate surface area is 388 Å². The van der Waals surface area contributed by atoms with E-state index in [1.165, 1.54) is 14.0 Å². The minimum atomic E-state index is -2.54. The van der Waals surface area contributed by atoms with Crippen LogP contribution in [0.4, 0.5) is 21.0 Å². The Balaban J connectivity index is 1.93. The minimum Gasteiger partial charge on any atom is -0.540 e. The summed E-state index contributed by atoms with van der Waals surface area (Å²) in [7, 11) is -3.17. The normalized spacial score (nSPS) is 15.5. The van der Waals surface area contributed by atoms with Gasteiger partial charge in [0.15, 0.2) is 14.1 Å². The number of carbonyl (C=O) groups is 5. The van der Waals surface area contributed by atoms with Crippen molar-refractivity contribution < 1.29 is 47.4 Å². The zero-order valence-electron chi connectivity index (χ0n) is 41.4. The molecule has 0 radical (unpaired) electrons. The van der Waals surface area contributed by atoms with Crippen LogP contribution in [-0.4, -0.2) is 88.4 Å². The van der Waals surface area contributed by atoms with Crippen LogP contribution in [0.5, 0.6) is 11.5 Å². The first kappa shape index (κ1) is 54.2. The topological polar surface area (TPSA) is 194 Å². The molecule has 5 N–H and O–H groups in total. The lowest BCUT2D eigenvalue weighted by Crippen LogP contribution is -2.53. The minimum absolute atomic E-state index is 0.0271. The highest BCUT2D eigenvalue weighted by atomic mass is 28.4. The Morgan fingerprint density at radius 1 is 0.862 bits per heavy atom. The van der Waals surface area contributed by atoms with Gasteiger partial charge in [0, 0.05) is 18.0 Å². The molecule has 2 aromatic rings. The van der Waals surface area contributed by atoms with Crippen LogP contribution in [0.1, 0.15) is 112 Å². The van der Waals surface area contributed by atoms with Gasteiger partial charge in [-0.05, 0) is 90.3 Å². The average Bonchev–Trinajstić information content (AvgIpc) is 3.62. The number of carboxylic acid groups (broad SMARTS) is 1. The fraction of sp³-hybridized carbons (Fsp3) is 0.562. The van der Waals surface area contributed by atoms with Crippen LogP contribution >= 0.6 is 0 Å². The van der Waals surface area contributed by atoms with Crippen molar-refractivity contribution >= 4 is 57.9 Å². The summed E-state index contributed by atoms with van der Waals surface area (Å²) in [5.41, 5.74) is 3.08. The molecule has 17 heteroatoms. The van der Waals surface area contributed by atoms with E-state index < -0.39 is 52.7 Å². The highest BCUT2D eigenvalue weighted by molar-refractivity contribution is 6.78. The third kappa shape index (κ3) is 13.9. The molecule has 2 aromatic carbocycles. The first-order valence-electron chi connectivity index (χ1n) is 22.5. The van der Waals surface area contributed by atoms with E-state index >= 15 is 0 Å². The predicted octanol–water partition coefficient (Wildman–Crippen LogP) is 10.4. The molecule has 0 fully saturated rings. The Morgan fingerprint density at radius 2 is 1.46 bits per heavy atom. The van der Waals surface area contributed by atoms with E-state index in [1.54, 1.807) is 55.1 Å². The molecule has 1 aliphatic heterocycles. The van der Waals surface area contributed by atoms with Gasteiger partial charge < -0.3 is 44.3 Å². The molecule has 1 aliphatic rings. The van der Waals surface area contributed by atoms with Crippen LogP contribution in [0.25, 0.3) is 0 Å². The molecule has 3 atom stereocenters. The molecule has 360 valence electrons. The molecule has 5 amide bonds. The molecular formula is C48H75N5O10Si2. The van der Waals surface area contributed by atoms with Gasteiger partial charge in [-0.1, -0.05) is 100 Å². The second kappa shape index (κ2) is 22.9. The van der Waals surface area contributed by atoms with Crippen molar-refractivity contribution in [3.05, 3.63) is 71.5 Å². The number of carbonyl (C=O) groups excluding carboxylic acids is 4. The van der Waals surface area contributed by atoms with E-state index in [-0.39, 0.29) is 57.4 Å². The highest BCUT2D eigenvalue weighted by Crippen LogP contribution is 2.46. The Hall–Kier alpha value is -5.14. The number of nitrogens with zero attached hydrogens (tertiary/aromatic N) is 1. The first-order chi connectivity index (χ1) is 30.2. The SMILES string of the molecule is CC=CC1=CN(C(=O)c2cc(OC)c(O[Si](C(C)C)(C(C)C)C(C)C)cc2NC(=O)OCc2ccc(NC(=O)[C@H](C)NC(=O)[C@@H](NC(=O)O)C(C)C)cc2)[C@H](CO[Si](C)(C)C(C)(C)C)C1. The molecule has 15 nitrogen and oxygen atoms in total. The van der Waals surface area contributed by atoms with E-state index in [1.807, 2.05) is 25.3 Å². The summed E-state index contributed by atoms with van der Waals surface area (Å²) in [5.74, 6) is -1.03. The maximum Gasteiger partial charge on any atom is 0.411 e. The summed E-state index contributed by atoms with van der Waals surface area (Å²) < 4.78 is 25.4. The molecule has 1 heterocycles. The van der Waals surface area contributed by atoms with Gasteiger partial charge in [-0.3, -0.25) is 19.7 Å². The highest BCUT2D eigenvalue weighted by Gasteiger charge is 2.48. The molecule has 65 heavy (non-hydrogen) atoms. The molecule has 0 spiro atoms. The molecule has 0 unspecified atom stereocenters. The lowest BCUT2D eigenvalue weighted by Gasteiger charge is -2.42. The van der Waals surface area contributed by atoms with Crippen molar-refractivity contribution in [2.45, 2.75) is 156 Å². The molecule has 0 aromatic heterocycles. The second-order valence-corrected chi connectivity index (χ2v) is 29.8. The molecular weight excluding hydrogens is 863 g/mol. The maximum absolute atomic E-state index is 14.9. The van der Waals surface area contributed by atoms with Gasteiger partial charge in [0.05, 0.1) is 31.0 Å². The lowest BCUT2D eigenvalue weighted by atomic mass is 10.0. The number of hydrogen-bond donors (Lipinski definition) is 5. The van der Waals surface area contributed by atoms with Crippen molar-refractivity contribution in [3.8, 4) is 11.5 Å². The summed E-state index contributed by atoms with van der Waals surface area (Å²) in [6.45, 7) is 31.0. The Kier molecular flexibility index (Phi) is 19.1. The largest absolute Gasteiger partial charge is 0.540 e. The number of rotatable bonds is 20. The molecule has 0 aliphatic carbocycles. The number of methoxy groups -OCH3 is 1. The molecule has 0 saturated carbocycles. The summed E-state index contributed by atoms with van der Waals surface area (Å²) in [5, 5.41) is 19.4. The fourth-order valence-corrected chi connectivity index (χ4v) is 14.2. The van der Waals surface area contributed by atoms with Gasteiger partial charge in [0.1, 0.15) is 24.4 Å². The van der Waals surface area contributed by atoms with Crippen molar-refractivity contribution in [1.82, 2.24) is 15.5 Å². The van der Waals surface area contributed by atoms with Crippen molar-refractivity contribution in [2.24, 2.45) is 5.92 Å². The fourth-order valence-electron chi connectivity index (χ4n) is 7.95. The van der Waals surface area contributed by atoms with Crippen LogP contribution in [0, 0.1) is 5.92 Å². The maximum atomic E-state index is 14.9. The monoisotopic (exact) mass is 938 g/mol. The van der Waals surface area contributed by atoms with Crippen LogP contribution in [0.15, 0.2) is 60.3 Å². The van der Waals surface area contributed by atoms with Gasteiger partial charge in [-0.2, -0.15) is 0 Å². The van der Waals surface area contributed by atoms with Gasteiger partial charge in [-0.25, -0.2) is 9.59 Å². The van der Waals surface area contributed by atoms with Gasteiger partial charge in [-0.15, -0.1) is 0 Å². The van der Waals surface area contributed by atoms with Crippen molar-refractivity contribution in [2.75, 3.05) is 24.4 Å². The number of anilines is 2. The first-order valence-corrected chi connectivity index (χ1v) is 27.6. The van der Waals surface area contributed by atoms with E-state index in [0.717, 1.165) is 5.57 Å². The van der Waals surface area contributed by atoms with Crippen LogP contribution in [0.3, 0.4) is 0 Å². The third-order valence-electron chi connectivity index (χ3n) is 12.6. The second-order valence-electron chi connectivity index (χ2n) is 19.6. The number of hydrogen-bond acceptors (Lipinski definition) is 9. The smallest absolute Gasteiger partial charge is 0.411 e. The van der Waals surface area contributed by atoms with Gasteiger partial charge in [0.2, 0.25) is 11.8 Å². The quantitative estimate of drug-likeness (QED) is 0.0798. The lowest BCUT2D eigenvalue weighted by molar-refractivity contribution is -0.128. The predicted molar refractivity (Wildman–Crippen MR) is 262 cm³/mol. The average molecular weight is 938 g/mol. The van der Waals surface area contributed by atoms with Crippen LogP contribution in [-0.2, 0) is 25.4 Å². The van der Waals surface area contributed by atoms with E-state index in [4.69, 9.17) is 23.4 Å². The Bertz CT molecular complexity index is 2040. The summed E-state index contributed by atoms with van der Waals surface area (Å²) in [6, 6.07) is 7.61. The van der Waals surface area contributed by atoms with E-state index in [0.29, 0.717) is 35.8 Å². The van der Waals surface area contributed by atoms with Crippen molar-refractivity contribution in [1.29, 1.82) is 0 Å². The Morgan fingerprint density at radius 3 is 1.97 bits per heavy atom. The van der Waals surface area contributed by atoms with E-state index in [2.05, 4.69) is 96.7 Å². The van der Waals surface area contributed by atoms with Crippen LogP contribution in [0.2, 0.25) is 34.8 Å². The summed E-state index contributed by atoms with van der Waals surface area (Å²) in [4.78, 5) is 67.0. The van der Waals surface area contributed by atoms with Gasteiger partial charge in [0.25, 0.3) is 14.2 Å². The van der Waals surface area contributed by atoms with Crippen LogP contribution < -0.4 is 30.4 Å². The van der Waals surface area contributed by atoms with Crippen molar-refractivity contribution in [3.63, 3.8) is 0 Å². The summed E-state index contributed by atoms with van der Waals surface area (Å²) >= 11 is 0. The third-order valence-corrected chi connectivity index (χ3v) is 23.1. The number of benzene rings is 2. The molecule has 0 bridgehead atoms. The molecule has 0 saturated heterocycles. The standard InChI is InChI=1S/C48H75N5O10Si2/c1-17-18-35-23-37(28-62-64(15,16)48(11,12)13)53(26-35)45(56)38-24-40(60-14)41(63-65(30(4)5,31(6)7)32(8)9)25-39(38)51-47(59)61-27-34-19-21-36(22-20-34)50-43(54)33(10)49-44(55)42(29(2)3)52-46(57)58/h17-22,24-26,29-33,37,42,52H,23,27-28H2,1-16H3,(H,49,55)(H,50,54)(H,51,59)(H,57,58)/t33-,37-,42-/m0/s1. The number of allylic oxidation sites excluding steroid dienone is 2. The summed E-state index contributed by atoms with van der Waals surface area (Å²) in [6.07, 6.45) is 4.23. The van der Waals surface area contributed by atoms with Gasteiger partial charge >= 0.3 is 12.2 Å². The number of nitrogens with one attached hydrogen (secondary N) is 4. The molecule has 3 rings (SSSR count). The van der Waals surface area contributed by atoms with E-state index in [9.17, 15) is 24.0 Å². The number of ether oxygens (including phenoxy) is 2. The number of amides is 5.